The van der Waals surface area contributed by atoms with E-state index in [9.17, 15) is 19.8 Å². The minimum absolute atomic E-state index is 0. The van der Waals surface area contributed by atoms with Crippen LogP contribution >= 0.6 is 25.3 Å². The molecule has 2 N–H and O–H groups in total. The van der Waals surface area contributed by atoms with Crippen LogP contribution in [0.25, 0.3) is 44.4 Å². The van der Waals surface area contributed by atoms with E-state index in [4.69, 9.17) is 32.6 Å². The molecule has 5 rings (SSSR count). The normalized spacial score (nSPS) is 13.8. The predicted molar refractivity (Wildman–Crippen MR) is 182 cm³/mol. The number of aryl methyl sites for hydroxylation is 3. The van der Waals surface area contributed by atoms with Crippen LogP contribution in [0.4, 0.5) is 0 Å². The fraction of sp³-hybridized carbons (Fsp3) is 0.235. The van der Waals surface area contributed by atoms with Crippen LogP contribution in [-0.2, 0) is 33.1 Å². The molecule has 0 saturated carbocycles. The third-order valence-electron chi connectivity index (χ3n) is 8.03. The number of hydrogen-bond acceptors (Lipinski definition) is 6. The van der Waals surface area contributed by atoms with E-state index in [-0.39, 0.29) is 35.2 Å². The van der Waals surface area contributed by atoms with Gasteiger partial charge in [-0.05, 0) is 63.8 Å². The first-order valence-corrected chi connectivity index (χ1v) is 15.0. The Morgan fingerprint density at radius 3 is 2.07 bits per heavy atom. The number of carboxylic acid groups (broad SMARTS) is 2. The van der Waals surface area contributed by atoms with Gasteiger partial charge in [-0.25, -0.2) is 14.8 Å². The van der Waals surface area contributed by atoms with E-state index in [2.05, 4.69) is 19.2 Å². The number of aliphatic carboxylic acids is 2. The summed E-state index contributed by atoms with van der Waals surface area (Å²) in [7, 11) is 0. The average Bonchev–Trinajstić information content (AvgIpc) is 3.59. The van der Waals surface area contributed by atoms with Crippen molar-refractivity contribution in [2.75, 3.05) is 0 Å². The maximum Gasteiger partial charge on any atom is 2.00 e. The molecule has 3 aromatic rings. The molecule has 0 fully saturated rings. The van der Waals surface area contributed by atoms with Gasteiger partial charge in [0.1, 0.15) is 0 Å². The molecule has 5 heterocycles. The summed E-state index contributed by atoms with van der Waals surface area (Å²) in [4.78, 5) is 43.4. The first-order chi connectivity index (χ1) is 20.8. The Morgan fingerprint density at radius 1 is 0.889 bits per heavy atom. The minimum Gasteiger partial charge on any atom is -0.657 e. The summed E-state index contributed by atoms with van der Waals surface area (Å²) < 4.78 is 0. The van der Waals surface area contributed by atoms with Crippen LogP contribution in [0.1, 0.15) is 77.5 Å². The van der Waals surface area contributed by atoms with Gasteiger partial charge in [0.25, 0.3) is 0 Å². The van der Waals surface area contributed by atoms with E-state index in [1.807, 2.05) is 52.8 Å². The predicted octanol–water partition coefficient (Wildman–Crippen LogP) is 7.14. The topological polar surface area (TPSA) is 129 Å². The Bertz CT molecular complexity index is 2030. The molecule has 0 aliphatic carbocycles. The Morgan fingerprint density at radius 2 is 1.44 bits per heavy atom. The summed E-state index contributed by atoms with van der Waals surface area (Å²) >= 11 is 9.35. The van der Waals surface area contributed by atoms with E-state index in [0.717, 1.165) is 61.8 Å². The smallest absolute Gasteiger partial charge is 0.657 e. The van der Waals surface area contributed by atoms with Crippen molar-refractivity contribution in [2.45, 2.75) is 52.7 Å². The van der Waals surface area contributed by atoms with E-state index in [0.29, 0.717) is 38.6 Å². The van der Waals surface area contributed by atoms with E-state index in [1.165, 1.54) is 6.08 Å². The number of carbonyl (C=O) groups is 2. The van der Waals surface area contributed by atoms with Gasteiger partial charge in [0.05, 0.1) is 22.8 Å². The Balaban J connectivity index is 0.00000461. The van der Waals surface area contributed by atoms with Crippen molar-refractivity contribution in [1.29, 1.82) is 0 Å². The number of fused-ring (bicyclic) bond motifs is 8. The van der Waals surface area contributed by atoms with E-state index >= 15 is 0 Å². The van der Waals surface area contributed by atoms with Crippen molar-refractivity contribution < 1.29 is 36.9 Å². The van der Waals surface area contributed by atoms with Gasteiger partial charge in [0.15, 0.2) is 0 Å². The van der Waals surface area contributed by atoms with Crippen LogP contribution in [0.2, 0.25) is 0 Å². The molecular weight excluding hydrogens is 648 g/mol. The van der Waals surface area contributed by atoms with Gasteiger partial charge in [-0.2, -0.15) is 12.6 Å². The molecule has 45 heavy (non-hydrogen) atoms. The molecular formula is C34H32FeN4O4S2. The molecule has 1 unspecified atom stereocenters. The van der Waals surface area contributed by atoms with Crippen LogP contribution in [0.3, 0.4) is 0 Å². The van der Waals surface area contributed by atoms with Crippen molar-refractivity contribution in [3.8, 4) is 0 Å². The summed E-state index contributed by atoms with van der Waals surface area (Å²) in [5.41, 5.74) is 11.8. The molecule has 1 atom stereocenters. The third-order valence-corrected chi connectivity index (χ3v) is 8.52. The third kappa shape index (κ3) is 6.63. The van der Waals surface area contributed by atoms with E-state index in [1.54, 1.807) is 6.07 Å². The summed E-state index contributed by atoms with van der Waals surface area (Å²) in [5.74, 6) is -2.00. The van der Waals surface area contributed by atoms with Gasteiger partial charge in [-0.1, -0.05) is 47.5 Å². The van der Waals surface area contributed by atoms with Crippen molar-refractivity contribution >= 4 is 81.6 Å². The fourth-order valence-corrected chi connectivity index (χ4v) is 6.36. The van der Waals surface area contributed by atoms with Gasteiger partial charge in [0.2, 0.25) is 0 Å². The molecule has 11 heteroatoms. The Hall–Kier alpha value is -3.76. The van der Waals surface area contributed by atoms with Gasteiger partial charge in [-0.15, -0.1) is 34.7 Å². The van der Waals surface area contributed by atoms with Gasteiger partial charge in [-0.3, -0.25) is 4.79 Å². The number of thiol groups is 2. The number of nitrogens with zero attached hydrogens (tertiary/aromatic N) is 4. The number of aromatic nitrogens is 4. The molecule has 0 saturated heterocycles. The average molecular weight is 681 g/mol. The van der Waals surface area contributed by atoms with Crippen LogP contribution in [0, 0.1) is 13.8 Å². The monoisotopic (exact) mass is 680 g/mol. The molecule has 0 amide bonds. The second-order valence-corrected chi connectivity index (χ2v) is 12.3. The summed E-state index contributed by atoms with van der Waals surface area (Å²) in [6.45, 7) is 13.9. The summed E-state index contributed by atoms with van der Waals surface area (Å²) in [5, 5.41) is 18.8. The van der Waals surface area contributed by atoms with E-state index < -0.39 is 11.9 Å². The molecule has 3 aromatic heterocycles. The van der Waals surface area contributed by atoms with Crippen molar-refractivity contribution in [2.24, 2.45) is 0 Å². The number of allylic oxidation sites excluding steroid dienone is 5. The van der Waals surface area contributed by atoms with Gasteiger partial charge in [0, 0.05) is 33.8 Å². The quantitative estimate of drug-likeness (QED) is 0.118. The second kappa shape index (κ2) is 13.3. The second-order valence-electron chi connectivity index (χ2n) is 11.0. The zero-order valence-electron chi connectivity index (χ0n) is 25.4. The SMILES string of the molecule is C=C(S)C1=C(C)c2cc3[n-]c(cc4nc(cc5[n-]c(cc1n2)c(C)c5CCC(=O)O)C(/C=C/C(=O)O)=C4C)c(C)c3C(C)S.[Fe+2]. The number of hydrogen-bond donors (Lipinski definition) is 4. The zero-order chi connectivity index (χ0) is 32.0. The number of rotatable bonds is 7. The van der Waals surface area contributed by atoms with Gasteiger partial charge < -0.3 is 20.2 Å². The van der Waals surface area contributed by atoms with Crippen LogP contribution in [-0.4, -0.2) is 32.1 Å². The van der Waals surface area contributed by atoms with Crippen molar-refractivity contribution in [3.05, 3.63) is 92.9 Å². The van der Waals surface area contributed by atoms with Gasteiger partial charge >= 0.3 is 29.0 Å². The standard InChI is InChI=1S/C34H34N4O4S2.Fe/c1-15-21(7-9-31(39)40)27-14-28-22(8-10-32(41)42)16(2)24(36-28)12-29-34(20(6)44)18(4)26(38-29)13-30-33(19(5)43)17(3)25(37-30)11-23(15)35-27;/h7,9,11-14,19H,6,8,10H2,1-5H3,(H6,35,36,37,38,39,40,41,42,43,44);/q;+2/p-2/b9-7+,23-11?,24-12?,25-11?,26-13?,27-14?,28-14?,29-12?,30-13?;. The minimum atomic E-state index is -1.08. The molecule has 8 bridgehead atoms. The summed E-state index contributed by atoms with van der Waals surface area (Å²) in [6, 6.07) is 7.51. The largest absolute Gasteiger partial charge is 2.00 e. The number of carboxylic acids is 2. The molecule has 8 nitrogen and oxygen atoms in total. The molecule has 2 aliphatic heterocycles. The van der Waals surface area contributed by atoms with Crippen LogP contribution in [0.15, 0.2) is 47.9 Å². The summed E-state index contributed by atoms with van der Waals surface area (Å²) in [6.07, 6.45) is 2.78. The molecule has 0 spiro atoms. The first-order valence-electron chi connectivity index (χ1n) is 14.0. The molecule has 232 valence electrons. The Kier molecular flexibility index (Phi) is 10.1. The maximum absolute atomic E-state index is 11.6. The molecule has 0 aromatic carbocycles. The van der Waals surface area contributed by atoms with Crippen molar-refractivity contribution in [1.82, 2.24) is 19.9 Å². The van der Waals surface area contributed by atoms with Crippen LogP contribution < -0.4 is 9.97 Å². The fourth-order valence-electron chi connectivity index (χ4n) is 5.75. The Labute approximate surface area is 282 Å². The molecule has 2 aliphatic rings. The van der Waals surface area contributed by atoms with Crippen LogP contribution in [0.5, 0.6) is 0 Å². The maximum atomic E-state index is 11.6. The molecule has 0 radical (unpaired) electrons. The zero-order valence-corrected chi connectivity index (χ0v) is 28.3. The first kappa shape index (κ1) is 34.1. The van der Waals surface area contributed by atoms with Crippen molar-refractivity contribution in [3.63, 3.8) is 0 Å².